The van der Waals surface area contributed by atoms with Crippen molar-refractivity contribution in [2.24, 2.45) is 0 Å². The first-order valence-electron chi connectivity index (χ1n) is 6.64. The highest BCUT2D eigenvalue weighted by atomic mass is 32.2. The van der Waals surface area contributed by atoms with Crippen LogP contribution >= 0.6 is 11.8 Å². The Morgan fingerprint density at radius 2 is 2.32 bits per heavy atom. The number of carbonyl (C=O) groups is 1. The Hall–Kier alpha value is -1.30. The van der Waals surface area contributed by atoms with E-state index in [-0.39, 0.29) is 23.3 Å². The summed E-state index contributed by atoms with van der Waals surface area (Å²) in [5.41, 5.74) is 1.66. The Morgan fingerprint density at radius 1 is 1.53 bits per heavy atom. The lowest BCUT2D eigenvalue weighted by Gasteiger charge is -2.10. The van der Waals surface area contributed by atoms with Gasteiger partial charge in [0, 0.05) is 11.6 Å². The van der Waals surface area contributed by atoms with Gasteiger partial charge in [0.05, 0.1) is 11.4 Å². The van der Waals surface area contributed by atoms with E-state index in [1.54, 1.807) is 0 Å². The SMILES string of the molecule is CCC(C)NC(=O)CSc1nc2c(c(=O)[nH]1)CCC2. The van der Waals surface area contributed by atoms with Gasteiger partial charge in [0.15, 0.2) is 5.16 Å². The van der Waals surface area contributed by atoms with Gasteiger partial charge in [0.2, 0.25) is 5.91 Å². The molecule has 104 valence electrons. The van der Waals surface area contributed by atoms with Crippen molar-refractivity contribution in [3.05, 3.63) is 21.6 Å². The molecule has 1 aliphatic carbocycles. The molecule has 0 saturated carbocycles. The number of hydrogen-bond acceptors (Lipinski definition) is 4. The van der Waals surface area contributed by atoms with Crippen LogP contribution in [0, 0.1) is 0 Å². The maximum absolute atomic E-state index is 11.8. The van der Waals surface area contributed by atoms with E-state index in [0.29, 0.717) is 5.16 Å². The Balaban J connectivity index is 1.95. The molecule has 2 N–H and O–H groups in total. The summed E-state index contributed by atoms with van der Waals surface area (Å²) in [6.45, 7) is 4.00. The van der Waals surface area contributed by atoms with E-state index in [0.717, 1.165) is 36.9 Å². The van der Waals surface area contributed by atoms with Crippen molar-refractivity contribution in [1.29, 1.82) is 0 Å². The molecule has 1 amide bonds. The van der Waals surface area contributed by atoms with E-state index in [2.05, 4.69) is 15.3 Å². The van der Waals surface area contributed by atoms with Gasteiger partial charge >= 0.3 is 0 Å². The minimum Gasteiger partial charge on any atom is -0.353 e. The number of rotatable bonds is 5. The van der Waals surface area contributed by atoms with Crippen molar-refractivity contribution < 1.29 is 4.79 Å². The molecule has 0 radical (unpaired) electrons. The molecular weight excluding hydrogens is 262 g/mol. The van der Waals surface area contributed by atoms with Crippen molar-refractivity contribution in [2.45, 2.75) is 50.7 Å². The Kier molecular flexibility index (Phi) is 4.63. The molecule has 0 aromatic carbocycles. The normalized spacial score (nSPS) is 15.1. The molecule has 0 spiro atoms. The summed E-state index contributed by atoms with van der Waals surface area (Å²) in [4.78, 5) is 30.6. The zero-order chi connectivity index (χ0) is 13.8. The summed E-state index contributed by atoms with van der Waals surface area (Å²) in [5, 5.41) is 3.43. The van der Waals surface area contributed by atoms with Gasteiger partial charge in [-0.1, -0.05) is 18.7 Å². The van der Waals surface area contributed by atoms with Crippen LogP contribution < -0.4 is 10.9 Å². The molecule has 0 fully saturated rings. The van der Waals surface area contributed by atoms with E-state index in [1.807, 2.05) is 13.8 Å². The number of thioether (sulfide) groups is 1. The van der Waals surface area contributed by atoms with Crippen LogP contribution in [0.3, 0.4) is 0 Å². The largest absolute Gasteiger partial charge is 0.353 e. The molecule has 0 bridgehead atoms. The summed E-state index contributed by atoms with van der Waals surface area (Å²) in [7, 11) is 0. The van der Waals surface area contributed by atoms with Gasteiger partial charge < -0.3 is 10.3 Å². The molecule has 19 heavy (non-hydrogen) atoms. The van der Waals surface area contributed by atoms with Gasteiger partial charge in [-0.15, -0.1) is 0 Å². The van der Waals surface area contributed by atoms with Crippen LogP contribution in [0.15, 0.2) is 9.95 Å². The molecule has 1 aromatic heterocycles. The number of nitrogens with zero attached hydrogens (tertiary/aromatic N) is 1. The van der Waals surface area contributed by atoms with Gasteiger partial charge in [-0.2, -0.15) is 0 Å². The van der Waals surface area contributed by atoms with E-state index >= 15 is 0 Å². The van der Waals surface area contributed by atoms with E-state index in [9.17, 15) is 9.59 Å². The fraction of sp³-hybridized carbons (Fsp3) is 0.615. The summed E-state index contributed by atoms with van der Waals surface area (Å²) < 4.78 is 0. The van der Waals surface area contributed by atoms with E-state index < -0.39 is 0 Å². The zero-order valence-corrected chi connectivity index (χ0v) is 12.1. The standard InChI is InChI=1S/C13H19N3O2S/c1-3-8(2)14-11(17)7-19-13-15-10-6-4-5-9(10)12(18)16-13/h8H,3-7H2,1-2H3,(H,14,17)(H,15,16,18). The van der Waals surface area contributed by atoms with Crippen LogP contribution in [-0.2, 0) is 17.6 Å². The summed E-state index contributed by atoms with van der Waals surface area (Å²) in [6.07, 6.45) is 3.58. The first kappa shape index (κ1) is 14.1. The molecule has 6 heteroatoms. The Bertz CT molecular complexity index is 527. The van der Waals surface area contributed by atoms with Crippen LogP contribution in [-0.4, -0.2) is 27.7 Å². The lowest BCUT2D eigenvalue weighted by molar-refractivity contribution is -0.119. The zero-order valence-electron chi connectivity index (χ0n) is 11.3. The minimum atomic E-state index is -0.0488. The second-order valence-corrected chi connectivity index (χ2v) is 5.78. The quantitative estimate of drug-likeness (QED) is 0.629. The Labute approximate surface area is 116 Å². The highest BCUT2D eigenvalue weighted by Crippen LogP contribution is 2.19. The summed E-state index contributed by atoms with van der Waals surface area (Å²) in [6, 6.07) is 0.181. The van der Waals surface area contributed by atoms with Gasteiger partial charge in [0.25, 0.3) is 5.56 Å². The molecule has 1 atom stereocenters. The van der Waals surface area contributed by atoms with Gasteiger partial charge in [-0.3, -0.25) is 9.59 Å². The molecule has 2 rings (SSSR count). The highest BCUT2D eigenvalue weighted by Gasteiger charge is 2.17. The fourth-order valence-corrected chi connectivity index (χ4v) is 2.73. The smallest absolute Gasteiger partial charge is 0.254 e. The van der Waals surface area contributed by atoms with Crippen LogP contribution in [0.1, 0.15) is 37.9 Å². The fourth-order valence-electron chi connectivity index (χ4n) is 2.04. The van der Waals surface area contributed by atoms with Gasteiger partial charge in [0.1, 0.15) is 0 Å². The lowest BCUT2D eigenvalue weighted by atomic mass is 10.3. The molecule has 1 aromatic rings. The molecule has 0 aliphatic heterocycles. The first-order chi connectivity index (χ1) is 9.10. The Morgan fingerprint density at radius 3 is 3.05 bits per heavy atom. The van der Waals surface area contributed by atoms with Crippen molar-refractivity contribution in [2.75, 3.05) is 5.75 Å². The van der Waals surface area contributed by atoms with E-state index in [4.69, 9.17) is 0 Å². The number of aryl methyl sites for hydroxylation is 1. The van der Waals surface area contributed by atoms with Crippen LogP contribution in [0.4, 0.5) is 0 Å². The minimum absolute atomic E-state index is 0.0255. The lowest BCUT2D eigenvalue weighted by Crippen LogP contribution is -2.33. The second kappa shape index (κ2) is 6.23. The third-order valence-electron chi connectivity index (χ3n) is 3.28. The number of nitrogens with one attached hydrogen (secondary N) is 2. The van der Waals surface area contributed by atoms with Gasteiger partial charge in [-0.25, -0.2) is 4.98 Å². The van der Waals surface area contributed by atoms with Crippen molar-refractivity contribution >= 4 is 17.7 Å². The second-order valence-electron chi connectivity index (χ2n) is 4.82. The summed E-state index contributed by atoms with van der Waals surface area (Å²) >= 11 is 1.28. The van der Waals surface area contributed by atoms with Crippen molar-refractivity contribution in [3.63, 3.8) is 0 Å². The van der Waals surface area contributed by atoms with Crippen LogP contribution in [0.5, 0.6) is 0 Å². The molecule has 1 heterocycles. The number of aromatic nitrogens is 2. The number of fused-ring (bicyclic) bond motifs is 1. The molecule has 0 saturated heterocycles. The van der Waals surface area contributed by atoms with Crippen LogP contribution in [0.25, 0.3) is 0 Å². The predicted octanol–water partition coefficient (Wildman–Crippen LogP) is 1.27. The third-order valence-corrected chi connectivity index (χ3v) is 4.15. The summed E-state index contributed by atoms with van der Waals surface area (Å²) in [5.74, 6) is 0.258. The van der Waals surface area contributed by atoms with Crippen molar-refractivity contribution in [3.8, 4) is 0 Å². The predicted molar refractivity (Wildman–Crippen MR) is 75.5 cm³/mol. The maximum atomic E-state index is 11.8. The number of hydrogen-bond donors (Lipinski definition) is 2. The number of carbonyl (C=O) groups excluding carboxylic acids is 1. The molecule has 1 aliphatic rings. The number of H-pyrrole nitrogens is 1. The van der Waals surface area contributed by atoms with Crippen LogP contribution in [0.2, 0.25) is 0 Å². The third kappa shape index (κ3) is 3.59. The number of amides is 1. The molecule has 1 unspecified atom stereocenters. The van der Waals surface area contributed by atoms with Gasteiger partial charge in [-0.05, 0) is 32.6 Å². The van der Waals surface area contributed by atoms with E-state index in [1.165, 1.54) is 11.8 Å². The monoisotopic (exact) mass is 281 g/mol. The topological polar surface area (TPSA) is 74.8 Å². The first-order valence-corrected chi connectivity index (χ1v) is 7.63. The average Bonchev–Trinajstić information content (AvgIpc) is 2.85. The maximum Gasteiger partial charge on any atom is 0.254 e. The van der Waals surface area contributed by atoms with Crippen molar-refractivity contribution in [1.82, 2.24) is 15.3 Å². The molecular formula is C13H19N3O2S. The molecule has 5 nitrogen and oxygen atoms in total. The number of aromatic amines is 1. The average molecular weight is 281 g/mol. The highest BCUT2D eigenvalue weighted by molar-refractivity contribution is 7.99.